The molecule has 1 fully saturated rings. The van der Waals surface area contributed by atoms with E-state index in [0.29, 0.717) is 12.2 Å². The van der Waals surface area contributed by atoms with Crippen molar-refractivity contribution in [3.05, 3.63) is 23.7 Å². The van der Waals surface area contributed by atoms with Crippen molar-refractivity contribution >= 4 is 5.91 Å². The first-order chi connectivity index (χ1) is 8.13. The Morgan fingerprint density at radius 2 is 2.12 bits per heavy atom. The third kappa shape index (κ3) is 3.60. The van der Waals surface area contributed by atoms with E-state index < -0.39 is 0 Å². The summed E-state index contributed by atoms with van der Waals surface area (Å²) in [5.74, 6) is 1.53. The van der Waals surface area contributed by atoms with Crippen LogP contribution < -0.4 is 5.32 Å². The standard InChI is InChI=1S/C13H19NO3/c1-9-2-7-12(17-9)8-13(16)14-10-3-5-11(15)6-4-10/h2,7,10-11,15H,3-6,8H2,1H3,(H,14,16). The first-order valence-corrected chi connectivity index (χ1v) is 6.16. The maximum atomic E-state index is 11.7. The molecule has 0 aliphatic heterocycles. The summed E-state index contributed by atoms with van der Waals surface area (Å²) < 4.78 is 5.36. The Bertz CT molecular complexity index is 378. The van der Waals surface area contributed by atoms with Gasteiger partial charge in [-0.2, -0.15) is 0 Å². The quantitative estimate of drug-likeness (QED) is 0.838. The molecule has 0 radical (unpaired) electrons. The van der Waals surface area contributed by atoms with Crippen molar-refractivity contribution in [1.82, 2.24) is 5.32 Å². The molecule has 4 heteroatoms. The van der Waals surface area contributed by atoms with Gasteiger partial charge in [-0.1, -0.05) is 0 Å². The van der Waals surface area contributed by atoms with E-state index in [4.69, 9.17) is 4.42 Å². The highest BCUT2D eigenvalue weighted by atomic mass is 16.3. The van der Waals surface area contributed by atoms with E-state index in [1.807, 2.05) is 19.1 Å². The minimum absolute atomic E-state index is 0.000685. The first kappa shape index (κ1) is 12.2. The zero-order valence-corrected chi connectivity index (χ0v) is 10.1. The second kappa shape index (κ2) is 5.36. The minimum Gasteiger partial charge on any atom is -0.466 e. The third-order valence-electron chi connectivity index (χ3n) is 3.19. The Morgan fingerprint density at radius 3 is 2.71 bits per heavy atom. The van der Waals surface area contributed by atoms with Crippen molar-refractivity contribution in [2.24, 2.45) is 0 Å². The maximum Gasteiger partial charge on any atom is 0.227 e. The molecule has 94 valence electrons. The summed E-state index contributed by atoms with van der Waals surface area (Å²) in [6.07, 6.45) is 3.41. The molecule has 2 rings (SSSR count). The van der Waals surface area contributed by atoms with Crippen LogP contribution in [0.1, 0.15) is 37.2 Å². The molecule has 0 spiro atoms. The highest BCUT2D eigenvalue weighted by Gasteiger charge is 2.21. The van der Waals surface area contributed by atoms with E-state index in [1.165, 1.54) is 0 Å². The maximum absolute atomic E-state index is 11.7. The number of furan rings is 1. The Hall–Kier alpha value is -1.29. The van der Waals surface area contributed by atoms with Crippen molar-refractivity contribution in [1.29, 1.82) is 0 Å². The minimum atomic E-state index is -0.184. The fourth-order valence-corrected chi connectivity index (χ4v) is 2.24. The van der Waals surface area contributed by atoms with Crippen LogP contribution in [0.4, 0.5) is 0 Å². The van der Waals surface area contributed by atoms with Gasteiger partial charge < -0.3 is 14.8 Å². The molecule has 0 aromatic carbocycles. The zero-order valence-electron chi connectivity index (χ0n) is 10.1. The molecule has 2 N–H and O–H groups in total. The van der Waals surface area contributed by atoms with Gasteiger partial charge in [-0.05, 0) is 44.7 Å². The molecule has 1 saturated carbocycles. The number of hydrogen-bond donors (Lipinski definition) is 2. The molecule has 1 aromatic rings. The number of amides is 1. The van der Waals surface area contributed by atoms with Crippen molar-refractivity contribution in [2.75, 3.05) is 0 Å². The molecule has 1 aliphatic carbocycles. The van der Waals surface area contributed by atoms with Crippen molar-refractivity contribution in [3.63, 3.8) is 0 Å². The average Bonchev–Trinajstić information content (AvgIpc) is 2.67. The highest BCUT2D eigenvalue weighted by molar-refractivity contribution is 5.78. The predicted molar refractivity (Wildman–Crippen MR) is 63.6 cm³/mol. The lowest BCUT2D eigenvalue weighted by Gasteiger charge is -2.26. The van der Waals surface area contributed by atoms with E-state index >= 15 is 0 Å². The lowest BCUT2D eigenvalue weighted by molar-refractivity contribution is -0.121. The zero-order chi connectivity index (χ0) is 12.3. The van der Waals surface area contributed by atoms with Crippen LogP contribution in [0.25, 0.3) is 0 Å². The summed E-state index contributed by atoms with van der Waals surface area (Å²) in [4.78, 5) is 11.7. The van der Waals surface area contributed by atoms with Crippen molar-refractivity contribution < 1.29 is 14.3 Å². The van der Waals surface area contributed by atoms with Gasteiger partial charge in [-0.15, -0.1) is 0 Å². The Morgan fingerprint density at radius 1 is 1.41 bits per heavy atom. The predicted octanol–water partition coefficient (Wildman–Crippen LogP) is 1.55. The van der Waals surface area contributed by atoms with Gasteiger partial charge in [0.1, 0.15) is 11.5 Å². The summed E-state index contributed by atoms with van der Waals surface area (Å²) >= 11 is 0. The molecular formula is C13H19NO3. The van der Waals surface area contributed by atoms with Crippen molar-refractivity contribution in [2.45, 2.75) is 51.2 Å². The fraction of sp³-hybridized carbons (Fsp3) is 0.615. The van der Waals surface area contributed by atoms with Crippen LogP contribution in [0, 0.1) is 6.92 Å². The topological polar surface area (TPSA) is 62.5 Å². The van der Waals surface area contributed by atoms with Crippen LogP contribution in [0.15, 0.2) is 16.5 Å². The lowest BCUT2D eigenvalue weighted by atomic mass is 9.93. The number of carbonyl (C=O) groups excluding carboxylic acids is 1. The molecule has 1 aliphatic rings. The normalized spacial score (nSPS) is 24.6. The summed E-state index contributed by atoms with van der Waals surface area (Å²) in [5.41, 5.74) is 0. The van der Waals surface area contributed by atoms with Crippen LogP contribution in [0.2, 0.25) is 0 Å². The number of rotatable bonds is 3. The van der Waals surface area contributed by atoms with Crippen molar-refractivity contribution in [3.8, 4) is 0 Å². The van der Waals surface area contributed by atoms with Gasteiger partial charge in [0.25, 0.3) is 0 Å². The summed E-state index contributed by atoms with van der Waals surface area (Å²) in [5, 5.41) is 12.4. The van der Waals surface area contributed by atoms with Crippen LogP contribution in [-0.4, -0.2) is 23.2 Å². The van der Waals surface area contributed by atoms with Gasteiger partial charge in [-0.3, -0.25) is 4.79 Å². The van der Waals surface area contributed by atoms with Gasteiger partial charge in [0.2, 0.25) is 5.91 Å². The highest BCUT2D eigenvalue weighted by Crippen LogP contribution is 2.18. The van der Waals surface area contributed by atoms with Gasteiger partial charge in [0.15, 0.2) is 0 Å². The van der Waals surface area contributed by atoms with Crippen LogP contribution in [-0.2, 0) is 11.2 Å². The number of nitrogens with one attached hydrogen (secondary N) is 1. The number of carbonyl (C=O) groups is 1. The van der Waals surface area contributed by atoms with Crippen LogP contribution in [0.3, 0.4) is 0 Å². The molecule has 4 nitrogen and oxygen atoms in total. The molecule has 1 heterocycles. The monoisotopic (exact) mass is 237 g/mol. The van der Waals surface area contributed by atoms with E-state index in [0.717, 1.165) is 31.4 Å². The van der Waals surface area contributed by atoms with Gasteiger partial charge >= 0.3 is 0 Å². The average molecular weight is 237 g/mol. The van der Waals surface area contributed by atoms with E-state index in [-0.39, 0.29) is 18.1 Å². The molecule has 0 saturated heterocycles. The molecular weight excluding hydrogens is 218 g/mol. The molecule has 0 unspecified atom stereocenters. The Balaban J connectivity index is 1.77. The lowest BCUT2D eigenvalue weighted by Crippen LogP contribution is -2.39. The summed E-state index contributed by atoms with van der Waals surface area (Å²) in [6, 6.07) is 3.90. The van der Waals surface area contributed by atoms with E-state index in [2.05, 4.69) is 5.32 Å². The number of aliphatic hydroxyl groups excluding tert-OH is 1. The Kier molecular flexibility index (Phi) is 3.84. The van der Waals surface area contributed by atoms with Gasteiger partial charge in [-0.25, -0.2) is 0 Å². The number of hydrogen-bond acceptors (Lipinski definition) is 3. The third-order valence-corrected chi connectivity index (χ3v) is 3.19. The number of aryl methyl sites for hydroxylation is 1. The van der Waals surface area contributed by atoms with E-state index in [9.17, 15) is 9.90 Å². The van der Waals surface area contributed by atoms with Crippen LogP contribution in [0.5, 0.6) is 0 Å². The second-order valence-corrected chi connectivity index (χ2v) is 4.76. The Labute approximate surface area is 101 Å². The number of aliphatic hydroxyl groups is 1. The fourth-order valence-electron chi connectivity index (χ4n) is 2.24. The molecule has 0 bridgehead atoms. The summed E-state index contributed by atoms with van der Waals surface area (Å²) in [6.45, 7) is 1.87. The SMILES string of the molecule is Cc1ccc(CC(=O)NC2CCC(O)CC2)o1. The molecule has 1 amide bonds. The second-order valence-electron chi connectivity index (χ2n) is 4.76. The smallest absolute Gasteiger partial charge is 0.227 e. The summed E-state index contributed by atoms with van der Waals surface area (Å²) in [7, 11) is 0. The van der Waals surface area contributed by atoms with Gasteiger partial charge in [0.05, 0.1) is 12.5 Å². The van der Waals surface area contributed by atoms with Crippen LogP contribution >= 0.6 is 0 Å². The van der Waals surface area contributed by atoms with Gasteiger partial charge in [0, 0.05) is 6.04 Å². The largest absolute Gasteiger partial charge is 0.466 e. The molecule has 1 aromatic heterocycles. The molecule has 17 heavy (non-hydrogen) atoms. The first-order valence-electron chi connectivity index (χ1n) is 6.16. The van der Waals surface area contributed by atoms with E-state index in [1.54, 1.807) is 0 Å². The molecule has 0 atom stereocenters.